The van der Waals surface area contributed by atoms with Gasteiger partial charge in [-0.1, -0.05) is 44.2 Å². The Balaban J connectivity index is 1.85. The average Bonchev–Trinajstić information content (AvgIpc) is 2.90. The summed E-state index contributed by atoms with van der Waals surface area (Å²) in [5, 5.41) is 29.9. The summed E-state index contributed by atoms with van der Waals surface area (Å²) in [5.41, 5.74) is -1.62. The fourth-order valence-corrected chi connectivity index (χ4v) is 3.20. The van der Waals surface area contributed by atoms with E-state index in [-0.39, 0.29) is 31.3 Å². The van der Waals surface area contributed by atoms with Gasteiger partial charge in [-0.2, -0.15) is 0 Å². The zero-order valence-corrected chi connectivity index (χ0v) is 14.8. The molecule has 142 valence electrons. The van der Waals surface area contributed by atoms with Gasteiger partial charge >= 0.3 is 5.97 Å². The number of rotatable bonds is 8. The molecule has 7 nitrogen and oxygen atoms in total. The van der Waals surface area contributed by atoms with Crippen molar-refractivity contribution < 1.29 is 34.3 Å². The lowest BCUT2D eigenvalue weighted by Gasteiger charge is -2.22. The number of carbonyl (C=O) groups excluding carboxylic acids is 1. The van der Waals surface area contributed by atoms with E-state index in [1.807, 2.05) is 30.3 Å². The number of carbonyl (C=O) groups is 1. The van der Waals surface area contributed by atoms with Gasteiger partial charge in [-0.15, -0.1) is 0 Å². The summed E-state index contributed by atoms with van der Waals surface area (Å²) in [6, 6.07) is 9.33. The van der Waals surface area contributed by atoms with Crippen molar-refractivity contribution in [2.24, 2.45) is 5.41 Å². The third kappa shape index (κ3) is 2.96. The van der Waals surface area contributed by atoms with E-state index in [4.69, 9.17) is 19.3 Å². The van der Waals surface area contributed by atoms with E-state index in [1.165, 1.54) is 0 Å². The van der Waals surface area contributed by atoms with Gasteiger partial charge in [-0.05, 0) is 5.56 Å². The monoisotopic (exact) mass is 364 g/mol. The number of esters is 1. The van der Waals surface area contributed by atoms with Gasteiger partial charge in [0, 0.05) is 18.4 Å². The van der Waals surface area contributed by atoms with Crippen LogP contribution in [0.2, 0.25) is 0 Å². The lowest BCUT2D eigenvalue weighted by Crippen LogP contribution is -2.37. The van der Waals surface area contributed by atoms with Crippen molar-refractivity contribution in [1.82, 2.24) is 0 Å². The predicted octanol–water partition coefficient (Wildman–Crippen LogP) is 0.871. The second-order valence-corrected chi connectivity index (χ2v) is 7.13. The minimum absolute atomic E-state index is 0.0731. The molecule has 1 aliphatic heterocycles. The molecule has 2 aliphatic rings. The Bertz CT molecular complexity index is 697. The zero-order chi connectivity index (χ0) is 18.9. The van der Waals surface area contributed by atoms with Crippen molar-refractivity contribution >= 4 is 5.97 Å². The highest BCUT2D eigenvalue weighted by Gasteiger charge is 2.78. The Kier molecular flexibility index (Phi) is 4.96. The quantitative estimate of drug-likeness (QED) is 0.464. The van der Waals surface area contributed by atoms with Crippen LogP contribution in [-0.4, -0.2) is 52.3 Å². The molecule has 3 atom stereocenters. The summed E-state index contributed by atoms with van der Waals surface area (Å²) in [5.74, 6) is -0.800. The summed E-state index contributed by atoms with van der Waals surface area (Å²) in [6.45, 7) is 3.55. The molecule has 0 radical (unpaired) electrons. The maximum Gasteiger partial charge on any atom is 0.378 e. The van der Waals surface area contributed by atoms with Gasteiger partial charge in [0.1, 0.15) is 12.2 Å². The first-order valence-corrected chi connectivity index (χ1v) is 8.60. The minimum Gasteiger partial charge on any atom is -0.485 e. The first-order chi connectivity index (χ1) is 12.3. The van der Waals surface area contributed by atoms with E-state index in [1.54, 1.807) is 13.8 Å². The number of hydrogen-bond acceptors (Lipinski definition) is 7. The highest BCUT2D eigenvalue weighted by atomic mass is 16.6. The molecular formula is C19H24O7. The van der Waals surface area contributed by atoms with E-state index in [0.717, 1.165) is 5.56 Å². The molecular weight excluding hydrogens is 340 g/mol. The molecule has 0 spiro atoms. The van der Waals surface area contributed by atoms with Crippen molar-refractivity contribution in [3.8, 4) is 0 Å². The zero-order valence-electron chi connectivity index (χ0n) is 14.8. The van der Waals surface area contributed by atoms with E-state index in [0.29, 0.717) is 6.42 Å². The van der Waals surface area contributed by atoms with Gasteiger partial charge in [-0.25, -0.2) is 4.79 Å². The van der Waals surface area contributed by atoms with Crippen LogP contribution in [0.1, 0.15) is 25.8 Å². The molecule has 1 heterocycles. The van der Waals surface area contributed by atoms with E-state index in [9.17, 15) is 15.0 Å². The van der Waals surface area contributed by atoms with Crippen molar-refractivity contribution in [2.45, 2.75) is 44.7 Å². The second-order valence-electron chi connectivity index (χ2n) is 7.13. The number of ether oxygens (including phenoxy) is 3. The van der Waals surface area contributed by atoms with Crippen molar-refractivity contribution in [3.05, 3.63) is 47.4 Å². The highest BCUT2D eigenvalue weighted by Crippen LogP contribution is 2.60. The van der Waals surface area contributed by atoms with E-state index >= 15 is 0 Å². The lowest BCUT2D eigenvalue weighted by molar-refractivity contribution is -0.151. The SMILES string of the molecule is CC1(C)C(O)[C@]1(O)[C@H]1OC(=O)C(OCCCO)=C1OCc1ccccc1. The normalized spacial score (nSPS) is 29.5. The fourth-order valence-electron chi connectivity index (χ4n) is 3.20. The van der Waals surface area contributed by atoms with Gasteiger partial charge < -0.3 is 29.5 Å². The van der Waals surface area contributed by atoms with Gasteiger partial charge in [0.05, 0.1) is 12.7 Å². The van der Waals surface area contributed by atoms with Crippen LogP contribution < -0.4 is 0 Å². The van der Waals surface area contributed by atoms with Crippen LogP contribution in [0.3, 0.4) is 0 Å². The fraction of sp³-hybridized carbons (Fsp3) is 0.526. The van der Waals surface area contributed by atoms with Crippen molar-refractivity contribution in [3.63, 3.8) is 0 Å². The molecule has 26 heavy (non-hydrogen) atoms. The summed E-state index contributed by atoms with van der Waals surface area (Å²) in [7, 11) is 0. The first-order valence-electron chi connectivity index (χ1n) is 8.60. The average molecular weight is 364 g/mol. The number of benzene rings is 1. The molecule has 0 bridgehead atoms. The standard InChI is InChI=1S/C19H24O7/c1-18(2)17(22)19(18,23)15-13(25-11-12-7-4-3-5-8-12)14(16(21)26-15)24-10-6-9-20/h3-5,7-8,15,17,20,22-23H,6,9-11H2,1-2H3/t15-,17?,19+/m0/s1. The summed E-state index contributed by atoms with van der Waals surface area (Å²) >= 11 is 0. The molecule has 1 unspecified atom stereocenters. The van der Waals surface area contributed by atoms with Gasteiger partial charge in [0.15, 0.2) is 11.9 Å². The Labute approximate surface area is 151 Å². The Hall–Kier alpha value is -2.09. The van der Waals surface area contributed by atoms with E-state index < -0.39 is 29.2 Å². The highest BCUT2D eigenvalue weighted by molar-refractivity contribution is 5.90. The molecule has 7 heteroatoms. The maximum absolute atomic E-state index is 12.3. The number of cyclic esters (lactones) is 1. The molecule has 1 aliphatic carbocycles. The molecule has 3 N–H and O–H groups in total. The smallest absolute Gasteiger partial charge is 0.378 e. The molecule has 0 aromatic heterocycles. The topological polar surface area (TPSA) is 105 Å². The number of aliphatic hydroxyl groups is 3. The first kappa shape index (κ1) is 18.7. The Morgan fingerprint density at radius 3 is 2.42 bits per heavy atom. The van der Waals surface area contributed by atoms with Crippen LogP contribution in [0.4, 0.5) is 0 Å². The van der Waals surface area contributed by atoms with Crippen LogP contribution in [0.25, 0.3) is 0 Å². The lowest BCUT2D eigenvalue weighted by atomic mass is 10.0. The predicted molar refractivity (Wildman–Crippen MR) is 90.5 cm³/mol. The van der Waals surface area contributed by atoms with E-state index in [2.05, 4.69) is 0 Å². The molecule has 1 aromatic carbocycles. The summed E-state index contributed by atoms with van der Waals surface area (Å²) in [4.78, 5) is 12.3. The summed E-state index contributed by atoms with van der Waals surface area (Å²) in [6.07, 6.45) is -1.86. The third-order valence-corrected chi connectivity index (χ3v) is 5.11. The van der Waals surface area contributed by atoms with Crippen LogP contribution in [0.15, 0.2) is 41.9 Å². The van der Waals surface area contributed by atoms with Crippen molar-refractivity contribution in [2.75, 3.05) is 13.2 Å². The van der Waals surface area contributed by atoms with Crippen LogP contribution in [0, 0.1) is 5.41 Å². The van der Waals surface area contributed by atoms with Gasteiger partial charge in [0.25, 0.3) is 0 Å². The Morgan fingerprint density at radius 2 is 1.85 bits per heavy atom. The third-order valence-electron chi connectivity index (χ3n) is 5.11. The van der Waals surface area contributed by atoms with Gasteiger partial charge in [-0.3, -0.25) is 0 Å². The molecule has 0 amide bonds. The Morgan fingerprint density at radius 1 is 1.19 bits per heavy atom. The molecule has 1 fully saturated rings. The van der Waals surface area contributed by atoms with Crippen LogP contribution in [-0.2, 0) is 25.6 Å². The van der Waals surface area contributed by atoms with Crippen molar-refractivity contribution in [1.29, 1.82) is 0 Å². The largest absolute Gasteiger partial charge is 0.485 e. The second kappa shape index (κ2) is 6.90. The number of aliphatic hydroxyl groups excluding tert-OH is 2. The molecule has 3 rings (SSSR count). The number of hydrogen-bond donors (Lipinski definition) is 3. The van der Waals surface area contributed by atoms with Crippen LogP contribution in [0.5, 0.6) is 0 Å². The molecule has 1 aromatic rings. The van der Waals surface area contributed by atoms with Gasteiger partial charge in [0.2, 0.25) is 5.76 Å². The minimum atomic E-state index is -1.64. The van der Waals surface area contributed by atoms with Crippen LogP contribution >= 0.6 is 0 Å². The molecule has 0 saturated heterocycles. The maximum atomic E-state index is 12.3. The molecule has 1 saturated carbocycles. The summed E-state index contributed by atoms with van der Waals surface area (Å²) < 4.78 is 16.5.